The summed E-state index contributed by atoms with van der Waals surface area (Å²) in [5, 5.41) is 2.02. The number of likely N-dealkylation sites (tertiary alicyclic amines) is 1. The van der Waals surface area contributed by atoms with Crippen LogP contribution in [0.5, 0.6) is 0 Å². The summed E-state index contributed by atoms with van der Waals surface area (Å²) in [5.74, 6) is -0.216. The monoisotopic (exact) mass is 356 g/mol. The fourth-order valence-electron chi connectivity index (χ4n) is 3.07. The Morgan fingerprint density at radius 3 is 2.52 bits per heavy atom. The molecule has 0 bridgehead atoms. The fourth-order valence-corrected chi connectivity index (χ4v) is 3.80. The number of ether oxygens (including phenoxy) is 1. The van der Waals surface area contributed by atoms with Crippen LogP contribution >= 0.6 is 11.3 Å². The van der Waals surface area contributed by atoms with Crippen LogP contribution in [0.4, 0.5) is 4.79 Å². The summed E-state index contributed by atoms with van der Waals surface area (Å²) < 4.78 is 4.69. The molecule has 2 aliphatic rings. The predicted molar refractivity (Wildman–Crippen MR) is 92.2 cm³/mol. The number of carbonyl (C=O) groups is 3. The number of hydrogen-bond donors (Lipinski definition) is 0. The zero-order chi connectivity index (χ0) is 17.4. The van der Waals surface area contributed by atoms with Gasteiger partial charge in [-0.2, -0.15) is 0 Å². The summed E-state index contributed by atoms with van der Waals surface area (Å²) in [7, 11) is 0. The first-order chi connectivity index (χ1) is 12.1. The van der Waals surface area contributed by atoms with Crippen molar-refractivity contribution in [3.8, 4) is 10.4 Å². The van der Waals surface area contributed by atoms with Gasteiger partial charge in [0.15, 0.2) is 6.61 Å². The van der Waals surface area contributed by atoms with E-state index < -0.39 is 6.09 Å². The summed E-state index contributed by atoms with van der Waals surface area (Å²) >= 11 is 1.66. The first kappa shape index (κ1) is 15.8. The van der Waals surface area contributed by atoms with E-state index in [9.17, 15) is 14.4 Å². The molecule has 2 aliphatic heterocycles. The maximum Gasteiger partial charge on any atom is 0.417 e. The Labute approximate surface area is 148 Å². The van der Waals surface area contributed by atoms with Crippen LogP contribution in [0.25, 0.3) is 10.4 Å². The molecule has 0 saturated carbocycles. The van der Waals surface area contributed by atoms with E-state index in [2.05, 4.69) is 0 Å². The molecule has 1 aromatic heterocycles. The van der Waals surface area contributed by atoms with Crippen molar-refractivity contribution >= 4 is 29.2 Å². The standard InChI is InChI=1S/C18H16N2O4S/c21-16-11-24-18(23)20(16)10-12-8-19(9-12)17(22)14-5-3-13(4-6-14)15-2-1-7-25-15/h1-7,12H,8-11H2. The normalized spacial score (nSPS) is 17.6. The van der Waals surface area contributed by atoms with Crippen molar-refractivity contribution in [3.05, 3.63) is 47.3 Å². The third-order valence-corrected chi connectivity index (χ3v) is 5.38. The molecule has 0 radical (unpaired) electrons. The number of nitrogens with zero attached hydrogens (tertiary/aromatic N) is 2. The minimum atomic E-state index is -0.584. The molecule has 0 N–H and O–H groups in total. The smallest absolute Gasteiger partial charge is 0.417 e. The molecule has 0 atom stereocenters. The maximum atomic E-state index is 12.5. The lowest BCUT2D eigenvalue weighted by atomic mass is 9.98. The average Bonchev–Trinajstić information content (AvgIpc) is 3.22. The Kier molecular flexibility index (Phi) is 4.01. The van der Waals surface area contributed by atoms with E-state index in [-0.39, 0.29) is 24.3 Å². The van der Waals surface area contributed by atoms with Gasteiger partial charge >= 0.3 is 6.09 Å². The molecule has 0 unspecified atom stereocenters. The van der Waals surface area contributed by atoms with Crippen LogP contribution in [0.3, 0.4) is 0 Å². The largest absolute Gasteiger partial charge is 0.439 e. The van der Waals surface area contributed by atoms with Crippen molar-refractivity contribution in [3.63, 3.8) is 0 Å². The first-order valence-electron chi connectivity index (χ1n) is 8.02. The van der Waals surface area contributed by atoms with Gasteiger partial charge in [0, 0.05) is 36.0 Å². The second-order valence-corrected chi connectivity index (χ2v) is 7.14. The first-order valence-corrected chi connectivity index (χ1v) is 8.90. The van der Waals surface area contributed by atoms with Crippen LogP contribution in [-0.2, 0) is 9.53 Å². The van der Waals surface area contributed by atoms with Gasteiger partial charge in [0.2, 0.25) is 0 Å². The van der Waals surface area contributed by atoms with Gasteiger partial charge in [-0.15, -0.1) is 11.3 Å². The number of benzene rings is 1. The van der Waals surface area contributed by atoms with Gasteiger partial charge in [0.1, 0.15) is 0 Å². The molecule has 2 fully saturated rings. The van der Waals surface area contributed by atoms with Crippen LogP contribution < -0.4 is 0 Å². The summed E-state index contributed by atoms with van der Waals surface area (Å²) in [5.41, 5.74) is 1.74. The van der Waals surface area contributed by atoms with Crippen molar-refractivity contribution in [1.29, 1.82) is 0 Å². The van der Waals surface area contributed by atoms with Crippen molar-refractivity contribution in [2.45, 2.75) is 0 Å². The molecule has 0 spiro atoms. The molecule has 4 rings (SSSR count). The molecule has 128 valence electrons. The number of rotatable bonds is 4. The Balaban J connectivity index is 1.34. The minimum absolute atomic E-state index is 0.0238. The zero-order valence-corrected chi connectivity index (χ0v) is 14.2. The lowest BCUT2D eigenvalue weighted by Gasteiger charge is -2.40. The van der Waals surface area contributed by atoms with Gasteiger partial charge in [-0.05, 0) is 29.1 Å². The summed E-state index contributed by atoms with van der Waals surface area (Å²) in [6.45, 7) is 1.23. The molecular weight excluding hydrogens is 340 g/mol. The van der Waals surface area contributed by atoms with Crippen LogP contribution in [0, 0.1) is 5.92 Å². The maximum absolute atomic E-state index is 12.5. The van der Waals surface area contributed by atoms with Crippen molar-refractivity contribution < 1.29 is 19.1 Å². The second-order valence-electron chi connectivity index (χ2n) is 6.19. The molecule has 3 heterocycles. The number of cyclic esters (lactones) is 1. The molecule has 7 heteroatoms. The Bertz CT molecular complexity index is 794. The lowest BCUT2D eigenvalue weighted by molar-refractivity contribution is -0.126. The number of imide groups is 1. The summed E-state index contributed by atoms with van der Waals surface area (Å²) in [6, 6.07) is 11.6. The third kappa shape index (κ3) is 3.02. The Hall–Kier alpha value is -2.67. The minimum Gasteiger partial charge on any atom is -0.439 e. The van der Waals surface area contributed by atoms with Gasteiger partial charge in [-0.3, -0.25) is 9.59 Å². The van der Waals surface area contributed by atoms with Gasteiger partial charge in [-0.25, -0.2) is 9.69 Å². The molecule has 2 saturated heterocycles. The van der Waals surface area contributed by atoms with E-state index >= 15 is 0 Å². The predicted octanol–water partition coefficient (Wildman–Crippen LogP) is 2.47. The van der Waals surface area contributed by atoms with Gasteiger partial charge in [0.05, 0.1) is 0 Å². The zero-order valence-electron chi connectivity index (χ0n) is 13.4. The Morgan fingerprint density at radius 2 is 1.92 bits per heavy atom. The summed E-state index contributed by atoms with van der Waals surface area (Å²) in [4.78, 5) is 39.5. The quantitative estimate of drug-likeness (QED) is 0.844. The van der Waals surface area contributed by atoms with E-state index in [1.54, 1.807) is 16.2 Å². The van der Waals surface area contributed by atoms with Crippen LogP contribution in [-0.4, -0.2) is 53.9 Å². The van der Waals surface area contributed by atoms with Crippen LogP contribution in [0.2, 0.25) is 0 Å². The highest BCUT2D eigenvalue weighted by atomic mass is 32.1. The van der Waals surface area contributed by atoms with Gasteiger partial charge < -0.3 is 9.64 Å². The highest BCUT2D eigenvalue weighted by Gasteiger charge is 2.38. The van der Waals surface area contributed by atoms with E-state index in [1.165, 1.54) is 4.88 Å². The fraction of sp³-hybridized carbons (Fsp3) is 0.278. The lowest BCUT2D eigenvalue weighted by Crippen LogP contribution is -2.54. The SMILES string of the molecule is O=C(c1ccc(-c2cccs2)cc1)N1CC(CN2C(=O)COC2=O)C1. The number of thiophene rings is 1. The molecule has 0 aliphatic carbocycles. The third-order valence-electron chi connectivity index (χ3n) is 4.46. The topological polar surface area (TPSA) is 66.9 Å². The molecule has 3 amide bonds. The van der Waals surface area contributed by atoms with E-state index in [0.717, 1.165) is 10.5 Å². The van der Waals surface area contributed by atoms with E-state index in [0.29, 0.717) is 25.2 Å². The average molecular weight is 356 g/mol. The van der Waals surface area contributed by atoms with Crippen molar-refractivity contribution in [1.82, 2.24) is 9.80 Å². The highest BCUT2D eigenvalue weighted by molar-refractivity contribution is 7.13. The van der Waals surface area contributed by atoms with E-state index in [4.69, 9.17) is 4.74 Å². The molecule has 6 nitrogen and oxygen atoms in total. The van der Waals surface area contributed by atoms with Crippen molar-refractivity contribution in [2.75, 3.05) is 26.2 Å². The highest BCUT2D eigenvalue weighted by Crippen LogP contribution is 2.26. The molecular formula is C18H16N2O4S. The van der Waals surface area contributed by atoms with Crippen LogP contribution in [0.1, 0.15) is 10.4 Å². The van der Waals surface area contributed by atoms with Crippen molar-refractivity contribution in [2.24, 2.45) is 5.92 Å². The molecule has 2 aromatic rings. The molecule has 25 heavy (non-hydrogen) atoms. The summed E-state index contributed by atoms with van der Waals surface area (Å²) in [6.07, 6.45) is -0.584. The van der Waals surface area contributed by atoms with Gasteiger partial charge in [-0.1, -0.05) is 18.2 Å². The molecule has 1 aromatic carbocycles. The Morgan fingerprint density at radius 1 is 1.16 bits per heavy atom. The number of carbonyl (C=O) groups excluding carboxylic acids is 3. The number of hydrogen-bond acceptors (Lipinski definition) is 5. The van der Waals surface area contributed by atoms with Crippen LogP contribution in [0.15, 0.2) is 41.8 Å². The van der Waals surface area contributed by atoms with E-state index in [1.807, 2.05) is 41.8 Å². The number of amides is 3. The van der Waals surface area contributed by atoms with Gasteiger partial charge in [0.25, 0.3) is 11.8 Å². The second kappa shape index (κ2) is 6.33.